The number of carbonyl (C=O) groups is 2. The largest absolute Gasteiger partial charge is 0.482 e. The van der Waals surface area contributed by atoms with E-state index >= 15 is 0 Å². The molecule has 1 N–H and O–H groups in total. The maximum atomic E-state index is 11.8. The number of carbonyl (C=O) groups excluding carboxylic acids is 2. The Morgan fingerprint density at radius 3 is 2.65 bits per heavy atom. The van der Waals surface area contributed by atoms with Crippen LogP contribution in [0.4, 0.5) is 0 Å². The Bertz CT molecular complexity index is 568. The van der Waals surface area contributed by atoms with Crippen molar-refractivity contribution in [3.8, 4) is 5.75 Å². The number of rotatable bonds is 7. The van der Waals surface area contributed by atoms with Crippen molar-refractivity contribution >= 4 is 11.9 Å². The molecule has 5 nitrogen and oxygen atoms in total. The zero-order chi connectivity index (χ0) is 16.8. The first-order chi connectivity index (χ1) is 11.0. The lowest BCUT2D eigenvalue weighted by Gasteiger charge is -2.15. The molecule has 0 spiro atoms. The van der Waals surface area contributed by atoms with Crippen LogP contribution in [0.15, 0.2) is 18.2 Å². The zero-order valence-corrected chi connectivity index (χ0v) is 14.1. The topological polar surface area (TPSA) is 64.6 Å². The number of fused-ring (bicyclic) bond motifs is 1. The van der Waals surface area contributed by atoms with Gasteiger partial charge in [-0.05, 0) is 55.4 Å². The van der Waals surface area contributed by atoms with Gasteiger partial charge in [-0.25, -0.2) is 4.79 Å². The molecule has 1 aliphatic carbocycles. The molecule has 0 aliphatic heterocycles. The Balaban J connectivity index is 1.75. The minimum Gasteiger partial charge on any atom is -0.482 e. The van der Waals surface area contributed by atoms with Crippen LogP contribution in [-0.2, 0) is 27.2 Å². The summed E-state index contributed by atoms with van der Waals surface area (Å²) in [5.41, 5.74) is 2.65. The van der Waals surface area contributed by atoms with E-state index in [4.69, 9.17) is 9.47 Å². The van der Waals surface area contributed by atoms with Crippen LogP contribution in [0, 0.1) is 5.92 Å². The van der Waals surface area contributed by atoms with E-state index in [2.05, 4.69) is 5.32 Å². The summed E-state index contributed by atoms with van der Waals surface area (Å²) in [7, 11) is 0. The third-order valence-corrected chi connectivity index (χ3v) is 3.79. The molecule has 0 unspecified atom stereocenters. The number of hydrogen-bond acceptors (Lipinski definition) is 4. The molecule has 1 aromatic rings. The molecule has 0 saturated carbocycles. The van der Waals surface area contributed by atoms with Crippen molar-refractivity contribution in [2.45, 2.75) is 46.1 Å². The quantitative estimate of drug-likeness (QED) is 0.783. The van der Waals surface area contributed by atoms with Crippen LogP contribution in [0.2, 0.25) is 0 Å². The lowest BCUT2D eigenvalue weighted by Crippen LogP contribution is -2.38. The number of amides is 1. The fraction of sp³-hybridized carbons (Fsp3) is 0.556. The van der Waals surface area contributed by atoms with Crippen molar-refractivity contribution < 1.29 is 19.1 Å². The fourth-order valence-corrected chi connectivity index (χ4v) is 2.51. The van der Waals surface area contributed by atoms with Crippen LogP contribution in [0.25, 0.3) is 0 Å². The Hall–Kier alpha value is -2.04. The van der Waals surface area contributed by atoms with Gasteiger partial charge < -0.3 is 14.8 Å². The van der Waals surface area contributed by atoms with Crippen LogP contribution in [-0.4, -0.2) is 31.1 Å². The molecule has 0 heterocycles. The number of esters is 1. The molecular weight excluding hydrogens is 294 g/mol. The highest BCUT2D eigenvalue weighted by atomic mass is 16.6. The van der Waals surface area contributed by atoms with Gasteiger partial charge in [0, 0.05) is 6.54 Å². The third kappa shape index (κ3) is 5.27. The molecule has 0 bridgehead atoms. The summed E-state index contributed by atoms with van der Waals surface area (Å²) < 4.78 is 10.5. The molecule has 2 rings (SSSR count). The van der Waals surface area contributed by atoms with E-state index in [1.165, 1.54) is 17.5 Å². The summed E-state index contributed by atoms with van der Waals surface area (Å²) in [5, 5.41) is 2.73. The van der Waals surface area contributed by atoms with Gasteiger partial charge in [0.2, 0.25) is 0 Å². The second-order valence-corrected chi connectivity index (χ2v) is 6.34. The SMILES string of the molecule is CC(C)CNC(=O)[C@@H](C)OC(=O)COc1ccc2c(c1)CCC2. The minimum atomic E-state index is -0.815. The lowest BCUT2D eigenvalue weighted by atomic mass is 10.1. The highest BCUT2D eigenvalue weighted by molar-refractivity contribution is 5.83. The Labute approximate surface area is 137 Å². The van der Waals surface area contributed by atoms with Gasteiger partial charge in [-0.3, -0.25) is 4.79 Å². The zero-order valence-electron chi connectivity index (χ0n) is 14.1. The van der Waals surface area contributed by atoms with Crippen molar-refractivity contribution in [2.24, 2.45) is 5.92 Å². The van der Waals surface area contributed by atoms with E-state index in [0.717, 1.165) is 12.8 Å². The van der Waals surface area contributed by atoms with Gasteiger partial charge >= 0.3 is 5.97 Å². The maximum absolute atomic E-state index is 11.8. The Morgan fingerprint density at radius 2 is 1.91 bits per heavy atom. The molecule has 0 fully saturated rings. The highest BCUT2D eigenvalue weighted by Gasteiger charge is 2.18. The standard InChI is InChI=1S/C18H25NO4/c1-12(2)10-19-18(21)13(3)23-17(20)11-22-16-8-7-14-5-4-6-15(14)9-16/h7-9,12-13H,4-6,10-11H2,1-3H3,(H,19,21)/t13-/m1/s1. The van der Waals surface area contributed by atoms with Gasteiger partial charge in [-0.15, -0.1) is 0 Å². The van der Waals surface area contributed by atoms with Crippen molar-refractivity contribution in [1.82, 2.24) is 5.32 Å². The summed E-state index contributed by atoms with van der Waals surface area (Å²) in [6.07, 6.45) is 2.53. The van der Waals surface area contributed by atoms with E-state index < -0.39 is 12.1 Å². The summed E-state index contributed by atoms with van der Waals surface area (Å²) in [6, 6.07) is 5.90. The number of benzene rings is 1. The number of nitrogens with one attached hydrogen (secondary N) is 1. The van der Waals surface area contributed by atoms with Gasteiger partial charge in [0.05, 0.1) is 0 Å². The smallest absolute Gasteiger partial charge is 0.344 e. The molecule has 0 radical (unpaired) electrons. The van der Waals surface area contributed by atoms with Crippen LogP contribution in [0.3, 0.4) is 0 Å². The van der Waals surface area contributed by atoms with Crippen molar-refractivity contribution in [1.29, 1.82) is 0 Å². The number of ether oxygens (including phenoxy) is 2. The third-order valence-electron chi connectivity index (χ3n) is 3.79. The second-order valence-electron chi connectivity index (χ2n) is 6.34. The van der Waals surface area contributed by atoms with Crippen molar-refractivity contribution in [3.63, 3.8) is 0 Å². The van der Waals surface area contributed by atoms with Gasteiger partial charge in [-0.1, -0.05) is 19.9 Å². The van der Waals surface area contributed by atoms with E-state index in [1.54, 1.807) is 6.92 Å². The van der Waals surface area contributed by atoms with Crippen LogP contribution < -0.4 is 10.1 Å². The average molecular weight is 319 g/mol. The normalized spacial score (nSPS) is 14.3. The predicted octanol–water partition coefficient (Wildman–Crippen LogP) is 2.26. The van der Waals surface area contributed by atoms with Crippen molar-refractivity contribution in [3.05, 3.63) is 29.3 Å². The molecule has 1 atom stereocenters. The number of hydrogen-bond donors (Lipinski definition) is 1. The molecule has 5 heteroatoms. The summed E-state index contributed by atoms with van der Waals surface area (Å²) in [5.74, 6) is 0.187. The summed E-state index contributed by atoms with van der Waals surface area (Å²) in [4.78, 5) is 23.5. The molecule has 1 aliphatic rings. The molecule has 1 amide bonds. The first-order valence-corrected chi connectivity index (χ1v) is 8.17. The first-order valence-electron chi connectivity index (χ1n) is 8.17. The van der Waals surface area contributed by atoms with Gasteiger partial charge in [-0.2, -0.15) is 0 Å². The minimum absolute atomic E-state index is 0.194. The van der Waals surface area contributed by atoms with Gasteiger partial charge in [0.1, 0.15) is 5.75 Å². The molecule has 1 aromatic carbocycles. The Kier molecular flexibility index (Phi) is 6.02. The maximum Gasteiger partial charge on any atom is 0.344 e. The van der Waals surface area contributed by atoms with Crippen LogP contribution in [0.1, 0.15) is 38.3 Å². The van der Waals surface area contributed by atoms with Crippen molar-refractivity contribution in [2.75, 3.05) is 13.2 Å². The monoisotopic (exact) mass is 319 g/mol. The van der Waals surface area contributed by atoms with E-state index in [0.29, 0.717) is 18.2 Å². The molecule has 126 valence electrons. The molecular formula is C18H25NO4. The molecule has 0 saturated heterocycles. The fourth-order valence-electron chi connectivity index (χ4n) is 2.51. The highest BCUT2D eigenvalue weighted by Crippen LogP contribution is 2.25. The second kappa shape index (κ2) is 7.99. The van der Waals surface area contributed by atoms with E-state index in [-0.39, 0.29) is 12.5 Å². The molecule has 0 aromatic heterocycles. The first kappa shape index (κ1) is 17.3. The van der Waals surface area contributed by atoms with Gasteiger partial charge in [0.25, 0.3) is 5.91 Å². The Morgan fingerprint density at radius 1 is 1.17 bits per heavy atom. The van der Waals surface area contributed by atoms with Crippen LogP contribution in [0.5, 0.6) is 5.75 Å². The number of aryl methyl sites for hydroxylation is 2. The summed E-state index contributed by atoms with van der Waals surface area (Å²) >= 11 is 0. The van der Waals surface area contributed by atoms with E-state index in [1.807, 2.05) is 32.0 Å². The summed E-state index contributed by atoms with van der Waals surface area (Å²) in [6.45, 7) is 5.93. The lowest BCUT2D eigenvalue weighted by molar-refractivity contribution is -0.156. The van der Waals surface area contributed by atoms with Crippen LogP contribution >= 0.6 is 0 Å². The van der Waals surface area contributed by atoms with E-state index in [9.17, 15) is 9.59 Å². The van der Waals surface area contributed by atoms with Gasteiger partial charge in [0.15, 0.2) is 12.7 Å². The predicted molar refractivity (Wildman–Crippen MR) is 87.4 cm³/mol. The average Bonchev–Trinajstić information content (AvgIpc) is 2.98. The molecule has 23 heavy (non-hydrogen) atoms.